The molecule has 1 aliphatic rings. The van der Waals surface area contributed by atoms with Crippen molar-refractivity contribution >= 4 is 51.8 Å². The lowest BCUT2D eigenvalue weighted by atomic mass is 9.96. The summed E-state index contributed by atoms with van der Waals surface area (Å²) >= 11 is 3.65. The zero-order valence-electron chi connectivity index (χ0n) is 14.2. The van der Waals surface area contributed by atoms with Crippen molar-refractivity contribution < 1.29 is 4.79 Å². The van der Waals surface area contributed by atoms with Crippen LogP contribution in [-0.2, 0) is 10.2 Å². The number of hydrogen-bond donors (Lipinski definition) is 3. The first-order chi connectivity index (χ1) is 11.1. The maximum atomic E-state index is 10.9. The molecule has 1 aromatic rings. The second kappa shape index (κ2) is 10.2. The van der Waals surface area contributed by atoms with Gasteiger partial charge in [0.05, 0.1) is 6.54 Å². The Morgan fingerprint density at radius 3 is 2.46 bits per heavy atom. The first kappa shape index (κ1) is 21.2. The molecule has 2 rings (SSSR count). The van der Waals surface area contributed by atoms with E-state index in [9.17, 15) is 4.79 Å². The van der Waals surface area contributed by atoms with Crippen LogP contribution in [0.5, 0.6) is 0 Å². The molecule has 0 radical (unpaired) electrons. The van der Waals surface area contributed by atoms with Crippen LogP contribution >= 0.6 is 39.9 Å². The monoisotopic (exact) mass is 508 g/mol. The SMILES string of the molecule is CCNC(=NCC1(c2ccccc2Br)CC1)NCCNC(C)=O.I. The molecule has 0 aromatic heterocycles. The van der Waals surface area contributed by atoms with Crippen molar-refractivity contribution in [2.45, 2.75) is 32.1 Å². The van der Waals surface area contributed by atoms with Crippen molar-refractivity contribution in [3.8, 4) is 0 Å². The van der Waals surface area contributed by atoms with Gasteiger partial charge in [-0.05, 0) is 31.4 Å². The van der Waals surface area contributed by atoms with Crippen molar-refractivity contribution in [1.82, 2.24) is 16.0 Å². The van der Waals surface area contributed by atoms with E-state index >= 15 is 0 Å². The van der Waals surface area contributed by atoms with Crippen molar-refractivity contribution in [1.29, 1.82) is 0 Å². The number of aliphatic imine (C=N–C) groups is 1. The fraction of sp³-hybridized carbons (Fsp3) is 0.529. The van der Waals surface area contributed by atoms with E-state index in [0.29, 0.717) is 13.1 Å². The Labute approximate surface area is 169 Å². The molecule has 7 heteroatoms. The summed E-state index contributed by atoms with van der Waals surface area (Å²) in [6.45, 7) is 6.40. The Morgan fingerprint density at radius 2 is 1.88 bits per heavy atom. The number of halogens is 2. The van der Waals surface area contributed by atoms with Gasteiger partial charge in [-0.15, -0.1) is 24.0 Å². The van der Waals surface area contributed by atoms with E-state index in [0.717, 1.165) is 23.5 Å². The van der Waals surface area contributed by atoms with E-state index in [-0.39, 0.29) is 35.3 Å². The maximum absolute atomic E-state index is 10.9. The molecule has 1 aliphatic carbocycles. The highest BCUT2D eigenvalue weighted by Gasteiger charge is 2.45. The Kier molecular flexibility index (Phi) is 9.04. The van der Waals surface area contributed by atoms with E-state index < -0.39 is 0 Å². The summed E-state index contributed by atoms with van der Waals surface area (Å²) in [5.74, 6) is 0.788. The normalized spacial score (nSPS) is 15.2. The van der Waals surface area contributed by atoms with Crippen molar-refractivity contribution in [2.75, 3.05) is 26.2 Å². The summed E-state index contributed by atoms with van der Waals surface area (Å²) < 4.78 is 1.16. The Hall–Kier alpha value is -0.830. The molecule has 1 saturated carbocycles. The number of rotatable bonds is 7. The van der Waals surface area contributed by atoms with Gasteiger partial charge < -0.3 is 16.0 Å². The fourth-order valence-electron chi connectivity index (χ4n) is 2.55. The standard InChI is InChI=1S/C17H25BrN4O.HI/c1-3-19-16(21-11-10-20-13(2)23)22-12-17(8-9-17)14-6-4-5-7-15(14)18;/h4-7H,3,8-12H2,1-2H3,(H,20,23)(H2,19,21,22);1H. The van der Waals surface area contributed by atoms with Crippen LogP contribution in [0, 0.1) is 0 Å². The topological polar surface area (TPSA) is 65.5 Å². The summed E-state index contributed by atoms with van der Waals surface area (Å²) in [5.41, 5.74) is 1.51. The first-order valence-corrected chi connectivity index (χ1v) is 8.88. The molecule has 0 unspecified atom stereocenters. The zero-order chi connectivity index (χ0) is 16.7. The highest BCUT2D eigenvalue weighted by Crippen LogP contribution is 2.50. The molecule has 1 aromatic carbocycles. The molecule has 1 fully saturated rings. The number of benzene rings is 1. The minimum atomic E-state index is -0.0143. The summed E-state index contributed by atoms with van der Waals surface area (Å²) in [6, 6.07) is 8.40. The molecule has 0 bridgehead atoms. The Bertz CT molecular complexity index is 575. The third-order valence-corrected chi connectivity index (χ3v) is 4.67. The molecule has 134 valence electrons. The van der Waals surface area contributed by atoms with E-state index in [1.54, 1.807) is 0 Å². The van der Waals surface area contributed by atoms with Gasteiger partial charge in [0.25, 0.3) is 0 Å². The smallest absolute Gasteiger partial charge is 0.216 e. The number of amides is 1. The van der Waals surface area contributed by atoms with Crippen LogP contribution in [0.2, 0.25) is 0 Å². The lowest BCUT2D eigenvalue weighted by Crippen LogP contribution is -2.41. The molecule has 1 amide bonds. The summed E-state index contributed by atoms with van der Waals surface area (Å²) in [4.78, 5) is 15.6. The number of nitrogens with zero attached hydrogens (tertiary/aromatic N) is 1. The molecule has 0 saturated heterocycles. The number of carbonyl (C=O) groups is 1. The maximum Gasteiger partial charge on any atom is 0.216 e. The quantitative estimate of drug-likeness (QED) is 0.230. The lowest BCUT2D eigenvalue weighted by molar-refractivity contribution is -0.118. The van der Waals surface area contributed by atoms with Crippen LogP contribution in [0.25, 0.3) is 0 Å². The highest BCUT2D eigenvalue weighted by atomic mass is 127. The van der Waals surface area contributed by atoms with E-state index in [4.69, 9.17) is 4.99 Å². The summed E-state index contributed by atoms with van der Waals surface area (Å²) in [6.07, 6.45) is 2.34. The Balaban J connectivity index is 0.00000288. The van der Waals surface area contributed by atoms with Crippen LogP contribution in [0.3, 0.4) is 0 Å². The van der Waals surface area contributed by atoms with E-state index in [2.05, 4.69) is 50.1 Å². The molecular weight excluding hydrogens is 483 g/mol. The van der Waals surface area contributed by atoms with Gasteiger partial charge in [0.2, 0.25) is 5.91 Å². The van der Waals surface area contributed by atoms with Crippen LogP contribution in [0.4, 0.5) is 0 Å². The minimum Gasteiger partial charge on any atom is -0.357 e. The van der Waals surface area contributed by atoms with Crippen LogP contribution in [-0.4, -0.2) is 38.0 Å². The molecule has 24 heavy (non-hydrogen) atoms. The minimum absolute atomic E-state index is 0. The van der Waals surface area contributed by atoms with Crippen molar-refractivity contribution in [2.24, 2.45) is 4.99 Å². The van der Waals surface area contributed by atoms with Gasteiger partial charge in [-0.25, -0.2) is 0 Å². The molecule has 0 aliphatic heterocycles. The van der Waals surface area contributed by atoms with Crippen molar-refractivity contribution in [3.63, 3.8) is 0 Å². The second-order valence-electron chi connectivity index (χ2n) is 5.87. The molecule has 0 spiro atoms. The van der Waals surface area contributed by atoms with Crippen LogP contribution in [0.15, 0.2) is 33.7 Å². The predicted octanol–water partition coefficient (Wildman–Crippen LogP) is 2.79. The van der Waals surface area contributed by atoms with Gasteiger partial charge in [-0.2, -0.15) is 0 Å². The average molecular weight is 509 g/mol. The Morgan fingerprint density at radius 1 is 1.21 bits per heavy atom. The van der Waals surface area contributed by atoms with Crippen LogP contribution in [0.1, 0.15) is 32.3 Å². The number of carbonyl (C=O) groups excluding carboxylic acids is 1. The van der Waals surface area contributed by atoms with Gasteiger partial charge >= 0.3 is 0 Å². The third kappa shape index (κ3) is 6.23. The van der Waals surface area contributed by atoms with Gasteiger partial charge in [0.1, 0.15) is 0 Å². The molecule has 0 atom stereocenters. The van der Waals surface area contributed by atoms with Gasteiger partial charge in [0.15, 0.2) is 5.96 Å². The third-order valence-electron chi connectivity index (χ3n) is 3.97. The predicted molar refractivity (Wildman–Crippen MR) is 113 cm³/mol. The lowest BCUT2D eigenvalue weighted by Gasteiger charge is -2.17. The summed E-state index contributed by atoms with van der Waals surface area (Å²) in [5, 5.41) is 9.28. The van der Waals surface area contributed by atoms with E-state index in [1.807, 2.05) is 13.0 Å². The second-order valence-corrected chi connectivity index (χ2v) is 6.72. The zero-order valence-corrected chi connectivity index (χ0v) is 18.1. The number of guanidine groups is 1. The van der Waals surface area contributed by atoms with E-state index in [1.165, 1.54) is 25.3 Å². The van der Waals surface area contributed by atoms with Crippen LogP contribution < -0.4 is 16.0 Å². The molecule has 0 heterocycles. The van der Waals surface area contributed by atoms with Gasteiger partial charge in [-0.3, -0.25) is 9.79 Å². The first-order valence-electron chi connectivity index (χ1n) is 8.09. The average Bonchev–Trinajstić information content (AvgIpc) is 3.30. The van der Waals surface area contributed by atoms with Gasteiger partial charge in [0, 0.05) is 36.4 Å². The molecular formula is C17H26BrIN4O. The highest BCUT2D eigenvalue weighted by molar-refractivity contribution is 14.0. The molecule has 5 nitrogen and oxygen atoms in total. The fourth-order valence-corrected chi connectivity index (χ4v) is 3.25. The summed E-state index contributed by atoms with van der Waals surface area (Å²) in [7, 11) is 0. The number of nitrogens with one attached hydrogen (secondary N) is 3. The molecule has 3 N–H and O–H groups in total. The van der Waals surface area contributed by atoms with Crippen molar-refractivity contribution in [3.05, 3.63) is 34.3 Å². The van der Waals surface area contributed by atoms with Gasteiger partial charge in [-0.1, -0.05) is 34.1 Å². The largest absolute Gasteiger partial charge is 0.357 e. The number of hydrogen-bond acceptors (Lipinski definition) is 2.